The van der Waals surface area contributed by atoms with E-state index in [1.807, 2.05) is 4.57 Å². The summed E-state index contributed by atoms with van der Waals surface area (Å²) in [6.07, 6.45) is 5.70. The Labute approximate surface area is 107 Å². The number of methoxy groups -OCH3 is 1. The zero-order valence-electron chi connectivity index (χ0n) is 10.7. The fourth-order valence-electron chi connectivity index (χ4n) is 1.68. The van der Waals surface area contributed by atoms with Crippen molar-refractivity contribution in [3.05, 3.63) is 18.2 Å². The molecule has 0 radical (unpaired) electrons. The normalized spacial score (nSPS) is 14.7. The molecule has 1 aromatic heterocycles. The topological polar surface area (TPSA) is 68.2 Å². The van der Waals surface area contributed by atoms with Crippen LogP contribution in [0.4, 0.5) is 0 Å². The van der Waals surface area contributed by atoms with Crippen LogP contribution in [0, 0.1) is 0 Å². The van der Waals surface area contributed by atoms with Crippen LogP contribution in [-0.2, 0) is 22.6 Å². The second kappa shape index (κ2) is 6.51. The first-order chi connectivity index (χ1) is 8.79. The number of imidazole rings is 1. The predicted octanol–water partition coefficient (Wildman–Crippen LogP) is -0.102. The molecule has 0 aliphatic heterocycles. The average molecular weight is 252 g/mol. The fraction of sp³-hybridized carbons (Fsp3) is 0.667. The van der Waals surface area contributed by atoms with Crippen LogP contribution < -0.4 is 10.6 Å². The summed E-state index contributed by atoms with van der Waals surface area (Å²) in [7, 11) is 1.67. The lowest BCUT2D eigenvalue weighted by molar-refractivity contribution is -0.121. The van der Waals surface area contributed by atoms with Gasteiger partial charge in [-0.15, -0.1) is 0 Å². The van der Waals surface area contributed by atoms with E-state index in [1.54, 1.807) is 19.6 Å². The number of nitrogens with zero attached hydrogens (tertiary/aromatic N) is 2. The molecule has 0 aromatic carbocycles. The molecule has 1 fully saturated rings. The summed E-state index contributed by atoms with van der Waals surface area (Å²) in [5.41, 5.74) is 1.01. The SMILES string of the molecule is COCCNCc1cncn1CC(=O)NC1CC1. The molecule has 1 saturated carbocycles. The number of amides is 1. The third-order valence-electron chi connectivity index (χ3n) is 2.84. The molecule has 6 nitrogen and oxygen atoms in total. The van der Waals surface area contributed by atoms with Crippen LogP contribution >= 0.6 is 0 Å². The minimum Gasteiger partial charge on any atom is -0.383 e. The van der Waals surface area contributed by atoms with Crippen molar-refractivity contribution in [3.63, 3.8) is 0 Å². The van der Waals surface area contributed by atoms with Crippen LogP contribution in [0.2, 0.25) is 0 Å². The van der Waals surface area contributed by atoms with Crippen LogP contribution in [0.15, 0.2) is 12.5 Å². The van der Waals surface area contributed by atoms with Gasteiger partial charge in [0.05, 0.1) is 18.6 Å². The molecule has 1 aromatic rings. The summed E-state index contributed by atoms with van der Waals surface area (Å²) >= 11 is 0. The van der Waals surface area contributed by atoms with Crippen LogP contribution in [0.1, 0.15) is 18.5 Å². The third kappa shape index (κ3) is 4.12. The first-order valence-corrected chi connectivity index (χ1v) is 6.27. The van der Waals surface area contributed by atoms with E-state index in [1.165, 1.54) is 0 Å². The van der Waals surface area contributed by atoms with Crippen LogP contribution in [-0.4, -0.2) is 41.8 Å². The summed E-state index contributed by atoms with van der Waals surface area (Å²) < 4.78 is 6.83. The highest BCUT2D eigenvalue weighted by Gasteiger charge is 2.23. The van der Waals surface area contributed by atoms with Crippen LogP contribution in [0.5, 0.6) is 0 Å². The number of ether oxygens (including phenoxy) is 1. The molecule has 1 amide bonds. The number of nitrogens with one attached hydrogen (secondary N) is 2. The van der Waals surface area contributed by atoms with Gasteiger partial charge in [0.2, 0.25) is 5.91 Å². The van der Waals surface area contributed by atoms with Crippen molar-refractivity contribution in [2.75, 3.05) is 20.3 Å². The highest BCUT2D eigenvalue weighted by Crippen LogP contribution is 2.18. The minimum absolute atomic E-state index is 0.0636. The van der Waals surface area contributed by atoms with Crippen molar-refractivity contribution in [3.8, 4) is 0 Å². The van der Waals surface area contributed by atoms with Gasteiger partial charge in [-0.05, 0) is 12.8 Å². The number of rotatable bonds is 8. The number of hydrogen-bond acceptors (Lipinski definition) is 4. The average Bonchev–Trinajstić information content (AvgIpc) is 3.05. The molecule has 0 saturated heterocycles. The standard InChI is InChI=1S/C12H20N4O2/c1-18-5-4-13-6-11-7-14-9-16(11)8-12(17)15-10-2-3-10/h7,9-10,13H,2-6,8H2,1H3,(H,15,17). The zero-order valence-corrected chi connectivity index (χ0v) is 10.7. The Hall–Kier alpha value is -1.40. The van der Waals surface area contributed by atoms with Gasteiger partial charge in [-0.3, -0.25) is 4.79 Å². The number of aromatic nitrogens is 2. The summed E-state index contributed by atoms with van der Waals surface area (Å²) in [5.74, 6) is 0.0636. The van der Waals surface area contributed by atoms with E-state index in [0.717, 1.165) is 25.1 Å². The van der Waals surface area contributed by atoms with Gasteiger partial charge in [0.15, 0.2) is 0 Å². The maximum atomic E-state index is 11.7. The van der Waals surface area contributed by atoms with E-state index in [-0.39, 0.29) is 5.91 Å². The zero-order chi connectivity index (χ0) is 12.8. The summed E-state index contributed by atoms with van der Waals surface area (Å²) in [4.78, 5) is 15.8. The van der Waals surface area contributed by atoms with E-state index >= 15 is 0 Å². The molecule has 100 valence electrons. The predicted molar refractivity (Wildman–Crippen MR) is 67.0 cm³/mol. The Morgan fingerprint density at radius 2 is 2.44 bits per heavy atom. The van der Waals surface area contributed by atoms with E-state index in [0.29, 0.717) is 25.7 Å². The number of hydrogen-bond donors (Lipinski definition) is 2. The smallest absolute Gasteiger partial charge is 0.240 e. The molecule has 2 rings (SSSR count). The highest BCUT2D eigenvalue weighted by molar-refractivity contribution is 5.76. The van der Waals surface area contributed by atoms with E-state index in [4.69, 9.17) is 4.74 Å². The molecular weight excluding hydrogens is 232 g/mol. The Morgan fingerprint density at radius 3 is 3.17 bits per heavy atom. The van der Waals surface area contributed by atoms with Crippen molar-refractivity contribution in [1.82, 2.24) is 20.2 Å². The van der Waals surface area contributed by atoms with Crippen molar-refractivity contribution in [2.45, 2.75) is 32.0 Å². The molecule has 6 heteroatoms. The van der Waals surface area contributed by atoms with Gasteiger partial charge in [-0.2, -0.15) is 0 Å². The quantitative estimate of drug-likeness (QED) is 0.634. The lowest BCUT2D eigenvalue weighted by atomic mass is 10.4. The van der Waals surface area contributed by atoms with Crippen molar-refractivity contribution in [1.29, 1.82) is 0 Å². The lowest BCUT2D eigenvalue weighted by Crippen LogP contribution is -2.30. The van der Waals surface area contributed by atoms with E-state index in [9.17, 15) is 4.79 Å². The maximum Gasteiger partial charge on any atom is 0.240 e. The van der Waals surface area contributed by atoms with Gasteiger partial charge in [0.25, 0.3) is 0 Å². The lowest BCUT2D eigenvalue weighted by Gasteiger charge is -2.09. The van der Waals surface area contributed by atoms with Gasteiger partial charge in [-0.25, -0.2) is 4.98 Å². The number of carbonyl (C=O) groups excluding carboxylic acids is 1. The first-order valence-electron chi connectivity index (χ1n) is 6.27. The molecule has 2 N–H and O–H groups in total. The van der Waals surface area contributed by atoms with Gasteiger partial charge in [-0.1, -0.05) is 0 Å². The molecule has 0 spiro atoms. The Morgan fingerprint density at radius 1 is 1.61 bits per heavy atom. The third-order valence-corrected chi connectivity index (χ3v) is 2.84. The molecule has 1 aliphatic rings. The Kier molecular flexibility index (Phi) is 4.72. The van der Waals surface area contributed by atoms with Crippen LogP contribution in [0.3, 0.4) is 0 Å². The monoisotopic (exact) mass is 252 g/mol. The molecular formula is C12H20N4O2. The molecule has 0 unspecified atom stereocenters. The molecule has 0 atom stereocenters. The Balaban J connectivity index is 1.76. The largest absolute Gasteiger partial charge is 0.383 e. The fourth-order valence-corrected chi connectivity index (χ4v) is 1.68. The van der Waals surface area contributed by atoms with E-state index in [2.05, 4.69) is 15.6 Å². The van der Waals surface area contributed by atoms with Crippen molar-refractivity contribution >= 4 is 5.91 Å². The summed E-state index contributed by atoms with van der Waals surface area (Å²) in [6, 6.07) is 0.407. The first kappa shape index (κ1) is 13.0. The van der Waals surface area contributed by atoms with Crippen LogP contribution in [0.25, 0.3) is 0 Å². The molecule has 0 bridgehead atoms. The van der Waals surface area contributed by atoms with Gasteiger partial charge in [0, 0.05) is 32.4 Å². The van der Waals surface area contributed by atoms with Gasteiger partial charge < -0.3 is 19.9 Å². The highest BCUT2D eigenvalue weighted by atomic mass is 16.5. The molecule has 1 heterocycles. The summed E-state index contributed by atoms with van der Waals surface area (Å²) in [6.45, 7) is 2.50. The number of carbonyl (C=O) groups is 1. The second-order valence-electron chi connectivity index (χ2n) is 4.52. The van der Waals surface area contributed by atoms with Gasteiger partial charge >= 0.3 is 0 Å². The molecule has 18 heavy (non-hydrogen) atoms. The van der Waals surface area contributed by atoms with E-state index < -0.39 is 0 Å². The Bertz CT molecular complexity index is 387. The summed E-state index contributed by atoms with van der Waals surface area (Å²) in [5, 5.41) is 6.21. The van der Waals surface area contributed by atoms with Crippen molar-refractivity contribution in [2.24, 2.45) is 0 Å². The van der Waals surface area contributed by atoms with Gasteiger partial charge in [0.1, 0.15) is 6.54 Å². The van der Waals surface area contributed by atoms with Crippen molar-refractivity contribution < 1.29 is 9.53 Å². The second-order valence-corrected chi connectivity index (χ2v) is 4.52. The molecule has 1 aliphatic carbocycles. The maximum absolute atomic E-state index is 11.7. The minimum atomic E-state index is 0.0636.